The maximum atomic E-state index is 4.69. The lowest BCUT2D eigenvalue weighted by Crippen LogP contribution is -1.84. The van der Waals surface area contributed by atoms with Gasteiger partial charge in [-0.2, -0.15) is 0 Å². The molecule has 0 saturated heterocycles. The largest absolute Gasteiger partial charge is 0.264 e. The molecule has 5 nitrogen and oxygen atoms in total. The van der Waals surface area contributed by atoms with Crippen LogP contribution < -0.4 is 0 Å². The third-order valence-corrected chi connectivity index (χ3v) is 6.56. The topological polar surface area (TPSA) is 64.5 Å². The number of hydrogen-bond acceptors (Lipinski definition) is 5. The fraction of sp³-hybridized carbons (Fsp3) is 0. The Kier molecular flexibility index (Phi) is 6.08. The average molecular weight is 490 g/mol. The standard InChI is InChI=1S/C33H23N5/c1-3-22-15-26-11-13-34-19-28(26)7-5-24(22)17-30-9-10-31-32(37-38-33(31)21-36-30)18-25-6-8-29-20-35-14-12-27(29)16-23(25)4-2/h3-21H,1-2H2/b24-17+,25-18+. The SMILES string of the molecule is C=CC1=Cc2ccncc2C=C/C1=C\c1ccc2c(/C=C3\C=Cc4cnccc4C=C3C=C)nnc-2cn1. The third-order valence-electron chi connectivity index (χ3n) is 6.56. The smallest absolute Gasteiger partial charge is 0.113 e. The van der Waals surface area contributed by atoms with Gasteiger partial charge < -0.3 is 0 Å². The molecule has 4 aliphatic rings. The van der Waals surface area contributed by atoms with Crippen LogP contribution in [0.3, 0.4) is 0 Å². The van der Waals surface area contributed by atoms with Gasteiger partial charge in [0, 0.05) is 41.5 Å². The summed E-state index contributed by atoms with van der Waals surface area (Å²) in [5.41, 5.74) is 11.6. The second-order valence-corrected chi connectivity index (χ2v) is 8.88. The van der Waals surface area contributed by atoms with E-state index in [2.05, 4.69) is 74.8 Å². The highest BCUT2D eigenvalue weighted by Crippen LogP contribution is 2.30. The maximum Gasteiger partial charge on any atom is 0.113 e. The molecule has 2 aromatic rings. The van der Waals surface area contributed by atoms with Crippen molar-refractivity contribution < 1.29 is 0 Å². The van der Waals surface area contributed by atoms with Crippen LogP contribution in [0.15, 0.2) is 115 Å². The lowest BCUT2D eigenvalue weighted by Gasteiger charge is -2.02. The highest BCUT2D eigenvalue weighted by molar-refractivity contribution is 5.83. The minimum Gasteiger partial charge on any atom is -0.264 e. The van der Waals surface area contributed by atoms with Crippen LogP contribution in [0.1, 0.15) is 33.6 Å². The molecule has 4 heterocycles. The molecule has 0 spiro atoms. The van der Waals surface area contributed by atoms with Crippen molar-refractivity contribution in [1.82, 2.24) is 25.1 Å². The van der Waals surface area contributed by atoms with Crippen molar-refractivity contribution >= 4 is 36.5 Å². The van der Waals surface area contributed by atoms with Gasteiger partial charge in [-0.1, -0.05) is 49.6 Å². The van der Waals surface area contributed by atoms with E-state index in [1.807, 2.05) is 61.0 Å². The molecule has 2 aliphatic heterocycles. The fourth-order valence-corrected chi connectivity index (χ4v) is 4.50. The number of pyridine rings is 2. The van der Waals surface area contributed by atoms with Gasteiger partial charge in [-0.25, -0.2) is 0 Å². The minimum absolute atomic E-state index is 0.727. The first kappa shape index (κ1) is 23.1. The lowest BCUT2D eigenvalue weighted by atomic mass is 10.0. The molecule has 0 N–H and O–H groups in total. The van der Waals surface area contributed by atoms with Crippen molar-refractivity contribution in [2.24, 2.45) is 0 Å². The minimum atomic E-state index is 0.727. The van der Waals surface area contributed by atoms with Gasteiger partial charge in [0.15, 0.2) is 0 Å². The Morgan fingerprint density at radius 3 is 1.87 bits per heavy atom. The van der Waals surface area contributed by atoms with E-state index >= 15 is 0 Å². The molecule has 0 amide bonds. The number of aromatic nitrogens is 5. The van der Waals surface area contributed by atoms with Gasteiger partial charge in [-0.15, -0.1) is 10.2 Å². The van der Waals surface area contributed by atoms with Crippen molar-refractivity contribution in [3.05, 3.63) is 149 Å². The van der Waals surface area contributed by atoms with E-state index in [9.17, 15) is 0 Å². The molecule has 5 heteroatoms. The van der Waals surface area contributed by atoms with E-state index in [0.717, 1.165) is 67.2 Å². The van der Waals surface area contributed by atoms with Crippen molar-refractivity contribution in [2.45, 2.75) is 0 Å². The first-order valence-corrected chi connectivity index (χ1v) is 12.2. The Morgan fingerprint density at radius 1 is 0.605 bits per heavy atom. The number of nitrogens with zero attached hydrogens (tertiary/aromatic N) is 5. The summed E-state index contributed by atoms with van der Waals surface area (Å²) in [4.78, 5) is 13.2. The molecule has 0 aromatic carbocycles. The van der Waals surface area contributed by atoms with E-state index in [1.54, 1.807) is 18.6 Å². The Balaban J connectivity index is 1.38. The van der Waals surface area contributed by atoms with Crippen LogP contribution in [0.25, 0.3) is 47.7 Å². The molecule has 2 aliphatic carbocycles. The Bertz CT molecular complexity index is 1750. The quantitative estimate of drug-likeness (QED) is 0.305. The summed E-state index contributed by atoms with van der Waals surface area (Å²) in [6, 6.07) is 8.01. The lowest BCUT2D eigenvalue weighted by molar-refractivity contribution is 1.08. The Morgan fingerprint density at radius 2 is 1.24 bits per heavy atom. The van der Waals surface area contributed by atoms with Gasteiger partial charge in [-0.3, -0.25) is 15.0 Å². The van der Waals surface area contributed by atoms with Gasteiger partial charge in [-0.05, 0) is 82.0 Å². The highest BCUT2D eigenvalue weighted by Gasteiger charge is 2.14. The van der Waals surface area contributed by atoms with Gasteiger partial charge in [0.1, 0.15) is 5.69 Å². The maximum absolute atomic E-state index is 4.69. The van der Waals surface area contributed by atoms with E-state index < -0.39 is 0 Å². The van der Waals surface area contributed by atoms with Crippen LogP contribution in [0, 0.1) is 0 Å². The molecule has 180 valence electrons. The van der Waals surface area contributed by atoms with Crippen LogP contribution in [-0.2, 0) is 0 Å². The van der Waals surface area contributed by atoms with Gasteiger partial charge >= 0.3 is 0 Å². The summed E-state index contributed by atoms with van der Waals surface area (Å²) in [7, 11) is 0. The summed E-state index contributed by atoms with van der Waals surface area (Å²) in [6.45, 7) is 8.03. The second-order valence-electron chi connectivity index (χ2n) is 8.88. The molecule has 0 atom stereocenters. The molecular weight excluding hydrogens is 466 g/mol. The molecule has 0 bridgehead atoms. The van der Waals surface area contributed by atoms with Crippen LogP contribution in [-0.4, -0.2) is 25.1 Å². The zero-order valence-electron chi connectivity index (χ0n) is 20.6. The van der Waals surface area contributed by atoms with Crippen LogP contribution in [0.4, 0.5) is 0 Å². The zero-order chi connectivity index (χ0) is 25.9. The van der Waals surface area contributed by atoms with Crippen molar-refractivity contribution in [3.8, 4) is 11.3 Å². The predicted molar refractivity (Wildman–Crippen MR) is 155 cm³/mol. The summed E-state index contributed by atoms with van der Waals surface area (Å²) >= 11 is 0. The summed E-state index contributed by atoms with van der Waals surface area (Å²) in [5, 5.41) is 8.84. The number of rotatable bonds is 4. The molecule has 38 heavy (non-hydrogen) atoms. The monoisotopic (exact) mass is 489 g/mol. The van der Waals surface area contributed by atoms with Gasteiger partial charge in [0.25, 0.3) is 0 Å². The molecule has 0 saturated carbocycles. The molecular formula is C33H23N5. The zero-order valence-corrected chi connectivity index (χ0v) is 20.6. The van der Waals surface area contributed by atoms with Gasteiger partial charge in [0.05, 0.1) is 17.6 Å². The first-order valence-electron chi connectivity index (χ1n) is 12.2. The number of fused-ring (bicyclic) bond motifs is 3. The Hall–Kier alpha value is -5.29. The average Bonchev–Trinajstić information content (AvgIpc) is 3.09. The summed E-state index contributed by atoms with van der Waals surface area (Å²) in [5.74, 6) is 0. The molecule has 6 rings (SSSR count). The van der Waals surface area contributed by atoms with Crippen LogP contribution in [0.2, 0.25) is 0 Å². The first-order chi connectivity index (χ1) is 18.7. The van der Waals surface area contributed by atoms with E-state index in [4.69, 9.17) is 0 Å². The van der Waals surface area contributed by atoms with Crippen molar-refractivity contribution in [1.29, 1.82) is 0 Å². The number of hydrogen-bond donors (Lipinski definition) is 0. The molecule has 0 unspecified atom stereocenters. The Labute approximate surface area is 221 Å². The summed E-state index contributed by atoms with van der Waals surface area (Å²) < 4.78 is 0. The van der Waals surface area contributed by atoms with E-state index in [-0.39, 0.29) is 0 Å². The second kappa shape index (κ2) is 9.99. The molecule has 2 aromatic heterocycles. The van der Waals surface area contributed by atoms with Crippen molar-refractivity contribution in [3.63, 3.8) is 0 Å². The third kappa shape index (κ3) is 4.49. The van der Waals surface area contributed by atoms with E-state index in [0.29, 0.717) is 0 Å². The number of allylic oxidation sites excluding steroid dienone is 8. The predicted octanol–water partition coefficient (Wildman–Crippen LogP) is 7.13. The van der Waals surface area contributed by atoms with Gasteiger partial charge in [0.2, 0.25) is 0 Å². The van der Waals surface area contributed by atoms with Crippen molar-refractivity contribution in [2.75, 3.05) is 0 Å². The fourth-order valence-electron chi connectivity index (χ4n) is 4.50. The molecule has 0 fully saturated rings. The van der Waals surface area contributed by atoms with Crippen LogP contribution >= 0.6 is 0 Å². The highest BCUT2D eigenvalue weighted by atomic mass is 15.1. The normalized spacial score (nSPS) is 16.3. The molecule has 0 radical (unpaired) electrons. The summed E-state index contributed by atoms with van der Waals surface area (Å²) in [6.07, 6.45) is 29.4. The van der Waals surface area contributed by atoms with E-state index in [1.165, 1.54) is 0 Å². The van der Waals surface area contributed by atoms with Crippen LogP contribution in [0.5, 0.6) is 0 Å².